The van der Waals surface area contributed by atoms with Crippen LogP contribution in [0.25, 0.3) is 0 Å². The minimum atomic E-state index is 0.489. The molecular formula is C15H25ClN2. The second-order valence-electron chi connectivity index (χ2n) is 4.79. The second kappa shape index (κ2) is 7.78. The third-order valence-corrected chi connectivity index (χ3v) is 3.86. The van der Waals surface area contributed by atoms with E-state index in [0.717, 1.165) is 31.2 Å². The van der Waals surface area contributed by atoms with Crippen molar-refractivity contribution in [2.45, 2.75) is 40.3 Å². The van der Waals surface area contributed by atoms with Gasteiger partial charge in [0.1, 0.15) is 0 Å². The molecule has 102 valence electrons. The largest absolute Gasteiger partial charge is 0.309 e. The van der Waals surface area contributed by atoms with Gasteiger partial charge in [0.05, 0.1) is 0 Å². The van der Waals surface area contributed by atoms with Crippen LogP contribution in [0.15, 0.2) is 18.2 Å². The highest BCUT2D eigenvalue weighted by Gasteiger charge is 2.08. The summed E-state index contributed by atoms with van der Waals surface area (Å²) >= 11 is 6.12. The monoisotopic (exact) mass is 268 g/mol. The van der Waals surface area contributed by atoms with Gasteiger partial charge in [-0.3, -0.25) is 0 Å². The molecule has 1 aromatic rings. The SMILES string of the molecule is CCN(CC)CC(C)NCc1cccc(Cl)c1C. The number of hydrogen-bond acceptors (Lipinski definition) is 2. The Morgan fingerprint density at radius 2 is 1.94 bits per heavy atom. The summed E-state index contributed by atoms with van der Waals surface area (Å²) in [6.45, 7) is 12.9. The molecule has 0 spiro atoms. The van der Waals surface area contributed by atoms with E-state index in [4.69, 9.17) is 11.6 Å². The van der Waals surface area contributed by atoms with Gasteiger partial charge in [0.15, 0.2) is 0 Å². The molecule has 0 bridgehead atoms. The van der Waals surface area contributed by atoms with Crippen molar-refractivity contribution in [1.29, 1.82) is 0 Å². The van der Waals surface area contributed by atoms with Crippen LogP contribution in [0, 0.1) is 6.92 Å². The van der Waals surface area contributed by atoms with Crippen molar-refractivity contribution >= 4 is 11.6 Å². The molecule has 0 heterocycles. The first-order valence-electron chi connectivity index (χ1n) is 6.78. The maximum atomic E-state index is 6.12. The average Bonchev–Trinajstić information content (AvgIpc) is 2.37. The molecule has 0 saturated carbocycles. The standard InChI is InChI=1S/C15H25ClN2/c1-5-18(6-2)11-12(3)17-10-14-8-7-9-15(16)13(14)4/h7-9,12,17H,5-6,10-11H2,1-4H3. The van der Waals surface area contributed by atoms with Crippen molar-refractivity contribution in [2.24, 2.45) is 0 Å². The van der Waals surface area contributed by atoms with Crippen molar-refractivity contribution in [1.82, 2.24) is 10.2 Å². The van der Waals surface area contributed by atoms with Gasteiger partial charge in [0.2, 0.25) is 0 Å². The van der Waals surface area contributed by atoms with Crippen LogP contribution in [0.3, 0.4) is 0 Å². The first-order valence-corrected chi connectivity index (χ1v) is 7.16. The molecule has 1 atom stereocenters. The highest BCUT2D eigenvalue weighted by atomic mass is 35.5. The molecule has 0 aliphatic rings. The molecule has 1 rings (SSSR count). The minimum Gasteiger partial charge on any atom is -0.309 e. The Kier molecular flexibility index (Phi) is 6.69. The Labute approximate surface area is 116 Å². The molecule has 0 radical (unpaired) electrons. The molecule has 18 heavy (non-hydrogen) atoms. The molecule has 2 nitrogen and oxygen atoms in total. The number of halogens is 1. The van der Waals surface area contributed by atoms with Crippen molar-refractivity contribution < 1.29 is 0 Å². The van der Waals surface area contributed by atoms with Crippen molar-refractivity contribution in [3.8, 4) is 0 Å². The van der Waals surface area contributed by atoms with Gasteiger partial charge in [-0.2, -0.15) is 0 Å². The third kappa shape index (κ3) is 4.60. The van der Waals surface area contributed by atoms with Crippen LogP contribution in [0.1, 0.15) is 31.9 Å². The Hall–Kier alpha value is -0.570. The summed E-state index contributed by atoms with van der Waals surface area (Å²) < 4.78 is 0. The quantitative estimate of drug-likeness (QED) is 0.815. The number of benzene rings is 1. The smallest absolute Gasteiger partial charge is 0.0438 e. The zero-order chi connectivity index (χ0) is 13.5. The third-order valence-electron chi connectivity index (χ3n) is 3.45. The number of hydrogen-bond donors (Lipinski definition) is 1. The summed E-state index contributed by atoms with van der Waals surface area (Å²) in [5.74, 6) is 0. The van der Waals surface area contributed by atoms with Gasteiger partial charge in [-0.1, -0.05) is 37.6 Å². The van der Waals surface area contributed by atoms with Gasteiger partial charge < -0.3 is 10.2 Å². The zero-order valence-electron chi connectivity index (χ0n) is 12.0. The van der Waals surface area contributed by atoms with E-state index in [1.807, 2.05) is 12.1 Å². The Balaban J connectivity index is 2.47. The lowest BCUT2D eigenvalue weighted by Gasteiger charge is -2.23. The molecule has 0 aliphatic heterocycles. The van der Waals surface area contributed by atoms with Crippen LogP contribution in [0.4, 0.5) is 0 Å². The first kappa shape index (κ1) is 15.5. The van der Waals surface area contributed by atoms with Gasteiger partial charge in [-0.15, -0.1) is 0 Å². The average molecular weight is 269 g/mol. The van der Waals surface area contributed by atoms with E-state index in [1.54, 1.807) is 0 Å². The van der Waals surface area contributed by atoms with Gasteiger partial charge in [0.25, 0.3) is 0 Å². The van der Waals surface area contributed by atoms with Crippen LogP contribution >= 0.6 is 11.6 Å². The van der Waals surface area contributed by atoms with Gasteiger partial charge >= 0.3 is 0 Å². The predicted octanol–water partition coefficient (Wildman–Crippen LogP) is 3.47. The molecule has 0 fully saturated rings. The summed E-state index contributed by atoms with van der Waals surface area (Å²) in [5.41, 5.74) is 2.47. The normalized spacial score (nSPS) is 13.0. The maximum absolute atomic E-state index is 6.12. The lowest BCUT2D eigenvalue weighted by Crippen LogP contribution is -2.38. The van der Waals surface area contributed by atoms with Crippen molar-refractivity contribution in [2.75, 3.05) is 19.6 Å². The molecule has 0 aromatic heterocycles. The number of likely N-dealkylation sites (N-methyl/N-ethyl adjacent to an activating group) is 1. The van der Waals surface area contributed by atoms with Gasteiger partial charge in [-0.25, -0.2) is 0 Å². The summed E-state index contributed by atoms with van der Waals surface area (Å²) in [4.78, 5) is 2.43. The molecule has 3 heteroatoms. The summed E-state index contributed by atoms with van der Waals surface area (Å²) in [6.07, 6.45) is 0. The lowest BCUT2D eigenvalue weighted by atomic mass is 10.1. The Bertz CT molecular complexity index is 362. The van der Waals surface area contributed by atoms with E-state index in [0.29, 0.717) is 6.04 Å². The van der Waals surface area contributed by atoms with E-state index in [9.17, 15) is 0 Å². The fourth-order valence-corrected chi connectivity index (χ4v) is 2.26. The molecule has 1 N–H and O–H groups in total. The summed E-state index contributed by atoms with van der Waals surface area (Å²) in [6, 6.07) is 6.59. The molecule has 1 aromatic carbocycles. The van der Waals surface area contributed by atoms with Gasteiger partial charge in [0, 0.05) is 24.2 Å². The first-order chi connectivity index (χ1) is 8.58. The minimum absolute atomic E-state index is 0.489. The van der Waals surface area contributed by atoms with E-state index in [2.05, 4.69) is 44.0 Å². The van der Waals surface area contributed by atoms with Crippen molar-refractivity contribution in [3.05, 3.63) is 34.3 Å². The Morgan fingerprint density at radius 3 is 2.56 bits per heavy atom. The van der Waals surface area contributed by atoms with Crippen LogP contribution in [0.2, 0.25) is 5.02 Å². The van der Waals surface area contributed by atoms with E-state index < -0.39 is 0 Å². The fraction of sp³-hybridized carbons (Fsp3) is 0.600. The number of nitrogens with one attached hydrogen (secondary N) is 1. The predicted molar refractivity (Wildman–Crippen MR) is 80.3 cm³/mol. The van der Waals surface area contributed by atoms with Crippen LogP contribution < -0.4 is 5.32 Å². The molecule has 1 unspecified atom stereocenters. The van der Waals surface area contributed by atoms with Crippen LogP contribution in [0.5, 0.6) is 0 Å². The van der Waals surface area contributed by atoms with Crippen molar-refractivity contribution in [3.63, 3.8) is 0 Å². The summed E-state index contributed by atoms with van der Waals surface area (Å²) in [7, 11) is 0. The Morgan fingerprint density at radius 1 is 1.28 bits per heavy atom. The van der Waals surface area contributed by atoms with E-state index in [1.165, 1.54) is 11.1 Å². The zero-order valence-corrected chi connectivity index (χ0v) is 12.7. The molecular weight excluding hydrogens is 244 g/mol. The highest BCUT2D eigenvalue weighted by Crippen LogP contribution is 2.18. The number of nitrogens with zero attached hydrogens (tertiary/aromatic N) is 1. The lowest BCUT2D eigenvalue weighted by molar-refractivity contribution is 0.270. The topological polar surface area (TPSA) is 15.3 Å². The second-order valence-corrected chi connectivity index (χ2v) is 5.20. The summed E-state index contributed by atoms with van der Waals surface area (Å²) in [5, 5.41) is 4.42. The highest BCUT2D eigenvalue weighted by molar-refractivity contribution is 6.31. The van der Waals surface area contributed by atoms with E-state index in [-0.39, 0.29) is 0 Å². The van der Waals surface area contributed by atoms with Crippen LogP contribution in [-0.2, 0) is 6.54 Å². The fourth-order valence-electron chi connectivity index (χ4n) is 2.06. The maximum Gasteiger partial charge on any atom is 0.0438 e. The molecule has 0 amide bonds. The molecule has 0 saturated heterocycles. The van der Waals surface area contributed by atoms with E-state index >= 15 is 0 Å². The van der Waals surface area contributed by atoms with Gasteiger partial charge in [-0.05, 0) is 44.1 Å². The molecule has 0 aliphatic carbocycles. The number of rotatable bonds is 7. The van der Waals surface area contributed by atoms with Crippen LogP contribution in [-0.4, -0.2) is 30.6 Å².